The molecule has 0 saturated carbocycles. The summed E-state index contributed by atoms with van der Waals surface area (Å²) in [6.45, 7) is 0. The minimum absolute atomic E-state index is 0.117. The number of anilines is 2. The third kappa shape index (κ3) is 4.25. The summed E-state index contributed by atoms with van der Waals surface area (Å²) in [6.07, 6.45) is 10.4. The highest BCUT2D eigenvalue weighted by atomic mass is 32.1. The van der Waals surface area contributed by atoms with Crippen molar-refractivity contribution in [3.8, 4) is 22.6 Å². The molecule has 0 N–H and O–H groups in total. The molecule has 0 spiro atoms. The summed E-state index contributed by atoms with van der Waals surface area (Å²) < 4.78 is 0. The molecule has 1 aliphatic carbocycles. The van der Waals surface area contributed by atoms with Gasteiger partial charge in [0.05, 0.1) is 0 Å². The van der Waals surface area contributed by atoms with E-state index in [9.17, 15) is 0 Å². The van der Waals surface area contributed by atoms with Crippen LogP contribution in [-0.2, 0) is 0 Å². The van der Waals surface area contributed by atoms with Gasteiger partial charge in [-0.2, -0.15) is 10.5 Å². The maximum Gasteiger partial charge on any atom is 0.131 e. The van der Waals surface area contributed by atoms with Crippen molar-refractivity contribution in [1.82, 2.24) is 0 Å². The quantitative estimate of drug-likeness (QED) is 0.421. The highest BCUT2D eigenvalue weighted by Gasteiger charge is 2.14. The number of thiophene rings is 1. The Hall–Kier alpha value is -3.86. The third-order valence-electron chi connectivity index (χ3n) is 4.81. The average molecular weight is 406 g/mol. The second-order valence-electron chi connectivity index (χ2n) is 6.81. The van der Waals surface area contributed by atoms with Crippen LogP contribution in [0, 0.1) is 22.7 Å². The second kappa shape index (κ2) is 9.09. The van der Waals surface area contributed by atoms with E-state index in [1.54, 1.807) is 17.4 Å². The van der Waals surface area contributed by atoms with Crippen molar-refractivity contribution in [2.75, 3.05) is 4.90 Å². The predicted molar refractivity (Wildman–Crippen MR) is 124 cm³/mol. The van der Waals surface area contributed by atoms with Gasteiger partial charge in [0.25, 0.3) is 0 Å². The average Bonchev–Trinajstić information content (AvgIpc) is 3.28. The molecular formula is C26H19N3S. The zero-order valence-electron chi connectivity index (χ0n) is 16.3. The third-order valence-corrected chi connectivity index (χ3v) is 5.89. The summed E-state index contributed by atoms with van der Waals surface area (Å²) in [4.78, 5) is 4.27. The fourth-order valence-corrected chi connectivity index (χ4v) is 4.34. The van der Waals surface area contributed by atoms with E-state index in [1.807, 2.05) is 30.3 Å². The molecule has 0 radical (unpaired) electrons. The van der Waals surface area contributed by atoms with Gasteiger partial charge in [-0.1, -0.05) is 42.5 Å². The molecule has 0 bridgehead atoms. The molecule has 1 aromatic heterocycles. The first kappa shape index (κ1) is 19.5. The van der Waals surface area contributed by atoms with Crippen LogP contribution in [0.2, 0.25) is 0 Å². The van der Waals surface area contributed by atoms with Crippen LogP contribution in [0.1, 0.15) is 17.7 Å². The van der Waals surface area contributed by atoms with Gasteiger partial charge in [-0.3, -0.25) is 0 Å². The van der Waals surface area contributed by atoms with Crippen molar-refractivity contribution in [2.24, 2.45) is 0 Å². The molecule has 30 heavy (non-hydrogen) atoms. The first-order valence-corrected chi connectivity index (χ1v) is 10.5. The fourth-order valence-electron chi connectivity index (χ4n) is 3.38. The second-order valence-corrected chi connectivity index (χ2v) is 7.93. The van der Waals surface area contributed by atoms with Gasteiger partial charge in [-0.15, -0.1) is 11.3 Å². The largest absolute Gasteiger partial charge is 0.311 e. The molecule has 0 saturated heterocycles. The molecule has 1 heterocycles. The SMILES string of the molecule is N#CC(C#N)=Cc1ccc(-c2ccc(N(C3=CCCC=C3)c3ccccc3)cc2)s1. The summed E-state index contributed by atoms with van der Waals surface area (Å²) >= 11 is 1.57. The molecule has 4 rings (SSSR count). The summed E-state index contributed by atoms with van der Waals surface area (Å²) in [7, 11) is 0. The van der Waals surface area contributed by atoms with Crippen molar-refractivity contribution in [2.45, 2.75) is 12.8 Å². The van der Waals surface area contributed by atoms with E-state index in [0.717, 1.165) is 39.5 Å². The zero-order valence-corrected chi connectivity index (χ0v) is 17.1. The Morgan fingerprint density at radius 2 is 1.60 bits per heavy atom. The number of para-hydroxylation sites is 1. The Morgan fingerprint density at radius 3 is 2.27 bits per heavy atom. The summed E-state index contributed by atoms with van der Waals surface area (Å²) in [5, 5.41) is 17.9. The molecule has 0 aliphatic heterocycles. The van der Waals surface area contributed by atoms with Crippen molar-refractivity contribution < 1.29 is 0 Å². The van der Waals surface area contributed by atoms with Crippen molar-refractivity contribution in [3.63, 3.8) is 0 Å². The molecular weight excluding hydrogens is 386 g/mol. The molecule has 1 aliphatic rings. The van der Waals surface area contributed by atoms with E-state index in [4.69, 9.17) is 10.5 Å². The van der Waals surface area contributed by atoms with E-state index in [1.165, 1.54) is 5.70 Å². The summed E-state index contributed by atoms with van der Waals surface area (Å²) in [5.41, 5.74) is 4.65. The maximum absolute atomic E-state index is 8.95. The maximum atomic E-state index is 8.95. The number of allylic oxidation sites excluding steroid dienone is 4. The van der Waals surface area contributed by atoms with Crippen LogP contribution >= 0.6 is 11.3 Å². The van der Waals surface area contributed by atoms with E-state index in [2.05, 4.69) is 71.7 Å². The monoisotopic (exact) mass is 405 g/mol. The lowest BCUT2D eigenvalue weighted by molar-refractivity contribution is 0.997. The molecule has 144 valence electrons. The van der Waals surface area contributed by atoms with E-state index in [0.29, 0.717) is 0 Å². The van der Waals surface area contributed by atoms with Crippen LogP contribution < -0.4 is 4.90 Å². The molecule has 0 atom stereocenters. The van der Waals surface area contributed by atoms with E-state index in [-0.39, 0.29) is 5.57 Å². The highest BCUT2D eigenvalue weighted by molar-refractivity contribution is 7.16. The van der Waals surface area contributed by atoms with Crippen LogP contribution in [0.5, 0.6) is 0 Å². The van der Waals surface area contributed by atoms with Gasteiger partial charge in [0, 0.05) is 26.8 Å². The van der Waals surface area contributed by atoms with Gasteiger partial charge < -0.3 is 4.90 Å². The number of nitrogens with zero attached hydrogens (tertiary/aromatic N) is 3. The van der Waals surface area contributed by atoms with Crippen molar-refractivity contribution in [1.29, 1.82) is 10.5 Å². The summed E-state index contributed by atoms with van der Waals surface area (Å²) in [6, 6.07) is 26.7. The van der Waals surface area contributed by atoms with Gasteiger partial charge in [0.1, 0.15) is 17.7 Å². The van der Waals surface area contributed by atoms with Gasteiger partial charge >= 0.3 is 0 Å². The van der Waals surface area contributed by atoms with Crippen molar-refractivity contribution >= 4 is 28.8 Å². The fraction of sp³-hybridized carbons (Fsp3) is 0.0769. The first-order chi connectivity index (χ1) is 14.8. The Morgan fingerprint density at radius 1 is 0.867 bits per heavy atom. The van der Waals surface area contributed by atoms with Crippen molar-refractivity contribution in [3.05, 3.63) is 101 Å². The Balaban J connectivity index is 1.65. The standard InChI is InChI=1S/C26H19N3S/c27-18-20(19-28)17-25-15-16-26(30-25)21-11-13-24(14-12-21)29(22-7-3-1-4-8-22)23-9-5-2-6-10-23/h1,3-5,7-17H,2,6H2. The van der Waals surface area contributed by atoms with Gasteiger partial charge in [-0.25, -0.2) is 0 Å². The van der Waals surface area contributed by atoms with Crippen LogP contribution in [0.4, 0.5) is 11.4 Å². The molecule has 2 aromatic carbocycles. The number of rotatable bonds is 5. The van der Waals surface area contributed by atoms with E-state index < -0.39 is 0 Å². The van der Waals surface area contributed by atoms with Gasteiger partial charge in [0.2, 0.25) is 0 Å². The smallest absolute Gasteiger partial charge is 0.131 e. The first-order valence-electron chi connectivity index (χ1n) is 9.72. The topological polar surface area (TPSA) is 50.8 Å². The van der Waals surface area contributed by atoms with Crippen LogP contribution in [0.3, 0.4) is 0 Å². The minimum atomic E-state index is 0.117. The van der Waals surface area contributed by atoms with Gasteiger partial charge in [-0.05, 0) is 67.0 Å². The Kier molecular flexibility index (Phi) is 5.90. The lowest BCUT2D eigenvalue weighted by Crippen LogP contribution is -2.15. The molecule has 0 amide bonds. The Bertz CT molecular complexity index is 1180. The lowest BCUT2D eigenvalue weighted by atomic mass is 10.1. The molecule has 0 fully saturated rings. The lowest BCUT2D eigenvalue weighted by Gasteiger charge is -2.27. The zero-order chi connectivity index (χ0) is 20.8. The highest BCUT2D eigenvalue weighted by Crippen LogP contribution is 2.35. The number of hydrogen-bond donors (Lipinski definition) is 0. The van der Waals surface area contributed by atoms with Crippen LogP contribution in [0.15, 0.2) is 96.2 Å². The Labute approximate surface area is 180 Å². The van der Waals surface area contributed by atoms with E-state index >= 15 is 0 Å². The number of hydrogen-bond acceptors (Lipinski definition) is 4. The number of benzene rings is 2. The van der Waals surface area contributed by atoms with Gasteiger partial charge in [0.15, 0.2) is 0 Å². The normalized spacial score (nSPS) is 12.4. The predicted octanol–water partition coefficient (Wildman–Crippen LogP) is 7.22. The molecule has 3 aromatic rings. The van der Waals surface area contributed by atoms with Crippen LogP contribution in [0.25, 0.3) is 16.5 Å². The van der Waals surface area contributed by atoms with Crippen LogP contribution in [-0.4, -0.2) is 0 Å². The minimum Gasteiger partial charge on any atom is -0.311 e. The molecule has 0 unspecified atom stereocenters. The number of nitriles is 2. The molecule has 4 heteroatoms. The summed E-state index contributed by atoms with van der Waals surface area (Å²) in [5.74, 6) is 0. The molecule has 3 nitrogen and oxygen atoms in total.